The summed E-state index contributed by atoms with van der Waals surface area (Å²) in [5, 5.41) is 3.47. The molecule has 0 amide bonds. The minimum atomic E-state index is 0.510. The van der Waals surface area contributed by atoms with Crippen LogP contribution in [0.2, 0.25) is 0 Å². The van der Waals surface area contributed by atoms with E-state index in [0.29, 0.717) is 12.1 Å². The molecular formula is C11H22N2O. The molecule has 82 valence electrons. The summed E-state index contributed by atoms with van der Waals surface area (Å²) >= 11 is 0. The minimum Gasteiger partial charge on any atom is -0.377 e. The van der Waals surface area contributed by atoms with Gasteiger partial charge in [0.05, 0.1) is 6.10 Å². The maximum atomic E-state index is 5.68. The Morgan fingerprint density at radius 3 is 3.14 bits per heavy atom. The van der Waals surface area contributed by atoms with Crippen LogP contribution in [-0.4, -0.2) is 49.8 Å². The highest BCUT2D eigenvalue weighted by Crippen LogP contribution is 2.15. The molecule has 2 saturated heterocycles. The second kappa shape index (κ2) is 5.10. The minimum absolute atomic E-state index is 0.510. The van der Waals surface area contributed by atoms with Gasteiger partial charge in [0.2, 0.25) is 0 Å². The molecule has 0 bridgehead atoms. The smallest absolute Gasteiger partial charge is 0.0702 e. The Kier molecular flexibility index (Phi) is 3.79. The predicted molar refractivity (Wildman–Crippen MR) is 57.5 cm³/mol. The summed E-state index contributed by atoms with van der Waals surface area (Å²) in [5.74, 6) is 0. The maximum absolute atomic E-state index is 5.68. The number of hydrogen-bond donors (Lipinski definition) is 1. The molecule has 0 aliphatic carbocycles. The van der Waals surface area contributed by atoms with Crippen LogP contribution in [0.3, 0.4) is 0 Å². The summed E-state index contributed by atoms with van der Waals surface area (Å²) < 4.78 is 5.68. The van der Waals surface area contributed by atoms with Crippen molar-refractivity contribution in [2.75, 3.05) is 32.8 Å². The summed E-state index contributed by atoms with van der Waals surface area (Å²) in [5.41, 5.74) is 0. The molecule has 3 nitrogen and oxygen atoms in total. The van der Waals surface area contributed by atoms with Gasteiger partial charge >= 0.3 is 0 Å². The van der Waals surface area contributed by atoms with Crippen LogP contribution in [0, 0.1) is 0 Å². The van der Waals surface area contributed by atoms with Crippen molar-refractivity contribution in [3.8, 4) is 0 Å². The number of nitrogens with zero attached hydrogens (tertiary/aromatic N) is 1. The number of hydrogen-bond acceptors (Lipinski definition) is 3. The van der Waals surface area contributed by atoms with Crippen LogP contribution in [0.5, 0.6) is 0 Å². The molecule has 0 aromatic carbocycles. The van der Waals surface area contributed by atoms with E-state index in [2.05, 4.69) is 17.1 Å². The van der Waals surface area contributed by atoms with Gasteiger partial charge in [0.1, 0.15) is 0 Å². The largest absolute Gasteiger partial charge is 0.377 e. The Morgan fingerprint density at radius 1 is 1.43 bits per heavy atom. The van der Waals surface area contributed by atoms with E-state index in [9.17, 15) is 0 Å². The lowest BCUT2D eigenvalue weighted by Gasteiger charge is -2.28. The fourth-order valence-corrected chi connectivity index (χ4v) is 2.39. The standard InChI is InChI=1S/C11H22N2O/c1-10-8-12-5-3-6-13(10)9-11-4-2-7-14-11/h10-12H,2-9H2,1H3. The van der Waals surface area contributed by atoms with Crippen molar-refractivity contribution >= 4 is 0 Å². The highest BCUT2D eigenvalue weighted by Gasteiger charge is 2.23. The van der Waals surface area contributed by atoms with Crippen LogP contribution in [0.15, 0.2) is 0 Å². The first-order chi connectivity index (χ1) is 6.86. The Labute approximate surface area is 86.8 Å². The van der Waals surface area contributed by atoms with Crippen LogP contribution in [-0.2, 0) is 4.74 Å². The first-order valence-corrected chi connectivity index (χ1v) is 5.92. The summed E-state index contributed by atoms with van der Waals surface area (Å²) in [6.07, 6.45) is 4.30. The molecule has 0 spiro atoms. The molecule has 2 unspecified atom stereocenters. The third-order valence-corrected chi connectivity index (χ3v) is 3.32. The summed E-state index contributed by atoms with van der Waals surface area (Å²) in [4.78, 5) is 2.58. The van der Waals surface area contributed by atoms with Crippen molar-refractivity contribution in [1.82, 2.24) is 10.2 Å². The van der Waals surface area contributed by atoms with Gasteiger partial charge in [-0.3, -0.25) is 4.90 Å². The second-order valence-electron chi connectivity index (χ2n) is 4.54. The molecule has 0 aromatic heterocycles. The van der Waals surface area contributed by atoms with Crippen LogP contribution in [0.1, 0.15) is 26.2 Å². The molecule has 14 heavy (non-hydrogen) atoms. The summed E-state index contributed by atoms with van der Waals surface area (Å²) in [6, 6.07) is 0.668. The summed E-state index contributed by atoms with van der Waals surface area (Å²) in [6.45, 7) is 7.97. The second-order valence-corrected chi connectivity index (χ2v) is 4.54. The fraction of sp³-hybridized carbons (Fsp3) is 1.00. The molecule has 2 heterocycles. The predicted octanol–water partition coefficient (Wildman–Crippen LogP) is 0.849. The lowest BCUT2D eigenvalue weighted by atomic mass is 10.2. The van der Waals surface area contributed by atoms with Crippen molar-refractivity contribution in [2.45, 2.75) is 38.3 Å². The van der Waals surface area contributed by atoms with Gasteiger partial charge in [0.15, 0.2) is 0 Å². The van der Waals surface area contributed by atoms with Crippen molar-refractivity contribution < 1.29 is 4.74 Å². The van der Waals surface area contributed by atoms with Gasteiger partial charge in [-0.2, -0.15) is 0 Å². The van der Waals surface area contributed by atoms with Gasteiger partial charge < -0.3 is 10.1 Å². The molecule has 2 aliphatic rings. The van der Waals surface area contributed by atoms with Gasteiger partial charge in [-0.15, -0.1) is 0 Å². The molecule has 3 heteroatoms. The third-order valence-electron chi connectivity index (χ3n) is 3.32. The Balaban J connectivity index is 1.81. The maximum Gasteiger partial charge on any atom is 0.0702 e. The molecule has 1 N–H and O–H groups in total. The number of ether oxygens (including phenoxy) is 1. The van der Waals surface area contributed by atoms with Crippen molar-refractivity contribution in [2.24, 2.45) is 0 Å². The van der Waals surface area contributed by atoms with Crippen molar-refractivity contribution in [1.29, 1.82) is 0 Å². The van der Waals surface area contributed by atoms with Crippen molar-refractivity contribution in [3.05, 3.63) is 0 Å². The fourth-order valence-electron chi connectivity index (χ4n) is 2.39. The van der Waals surface area contributed by atoms with E-state index in [0.717, 1.165) is 19.7 Å². The van der Waals surface area contributed by atoms with E-state index in [1.165, 1.54) is 32.4 Å². The van der Waals surface area contributed by atoms with Crippen LogP contribution < -0.4 is 5.32 Å². The van der Waals surface area contributed by atoms with E-state index >= 15 is 0 Å². The molecule has 0 saturated carbocycles. The van der Waals surface area contributed by atoms with E-state index in [4.69, 9.17) is 4.74 Å². The first-order valence-electron chi connectivity index (χ1n) is 5.92. The lowest BCUT2D eigenvalue weighted by molar-refractivity contribution is 0.0628. The zero-order valence-corrected chi connectivity index (χ0v) is 9.17. The van der Waals surface area contributed by atoms with E-state index < -0.39 is 0 Å². The van der Waals surface area contributed by atoms with Crippen LogP contribution >= 0.6 is 0 Å². The number of rotatable bonds is 2. The quantitative estimate of drug-likeness (QED) is 0.712. The molecular weight excluding hydrogens is 176 g/mol. The molecule has 2 aliphatic heterocycles. The van der Waals surface area contributed by atoms with Crippen molar-refractivity contribution in [3.63, 3.8) is 0 Å². The molecule has 0 radical (unpaired) electrons. The van der Waals surface area contributed by atoms with E-state index in [1.807, 2.05) is 0 Å². The van der Waals surface area contributed by atoms with Crippen LogP contribution in [0.25, 0.3) is 0 Å². The lowest BCUT2D eigenvalue weighted by Crippen LogP contribution is -2.41. The van der Waals surface area contributed by atoms with E-state index in [1.54, 1.807) is 0 Å². The SMILES string of the molecule is CC1CNCCCN1CC1CCCO1. The zero-order valence-electron chi connectivity index (χ0n) is 9.17. The first kappa shape index (κ1) is 10.4. The Morgan fingerprint density at radius 2 is 2.36 bits per heavy atom. The normalized spacial score (nSPS) is 35.8. The monoisotopic (exact) mass is 198 g/mol. The van der Waals surface area contributed by atoms with E-state index in [-0.39, 0.29) is 0 Å². The van der Waals surface area contributed by atoms with Gasteiger partial charge in [-0.1, -0.05) is 0 Å². The van der Waals surface area contributed by atoms with Gasteiger partial charge in [-0.05, 0) is 39.3 Å². The molecule has 2 atom stereocenters. The Bertz CT molecular complexity index is 169. The molecule has 0 aromatic rings. The molecule has 2 fully saturated rings. The summed E-state index contributed by atoms with van der Waals surface area (Å²) in [7, 11) is 0. The van der Waals surface area contributed by atoms with Crippen LogP contribution in [0.4, 0.5) is 0 Å². The topological polar surface area (TPSA) is 24.5 Å². The Hall–Kier alpha value is -0.120. The molecule has 2 rings (SSSR count). The highest BCUT2D eigenvalue weighted by molar-refractivity contribution is 4.78. The zero-order chi connectivity index (χ0) is 9.80. The average Bonchev–Trinajstić information content (AvgIpc) is 2.60. The number of nitrogens with one attached hydrogen (secondary N) is 1. The van der Waals surface area contributed by atoms with Gasteiger partial charge in [0, 0.05) is 25.7 Å². The highest BCUT2D eigenvalue weighted by atomic mass is 16.5. The average molecular weight is 198 g/mol. The van der Waals surface area contributed by atoms with Gasteiger partial charge in [-0.25, -0.2) is 0 Å². The third kappa shape index (κ3) is 2.69. The van der Waals surface area contributed by atoms with Gasteiger partial charge in [0.25, 0.3) is 0 Å².